The molecule has 0 saturated carbocycles. The maximum atomic E-state index is 12.9. The molecule has 0 bridgehead atoms. The molecule has 10 heteroatoms. The van der Waals surface area contributed by atoms with Crippen molar-refractivity contribution < 1.29 is 37.1 Å². The molecule has 4 N–H and O–H groups in total. The number of anilines is 1. The Morgan fingerprint density at radius 2 is 1.89 bits per heavy atom. The number of quaternary nitrogens is 1. The van der Waals surface area contributed by atoms with Crippen LogP contribution < -0.4 is 37.7 Å². The number of aryl methyl sites for hydroxylation is 1. The minimum Gasteiger partial charge on any atom is -1.00 e. The van der Waals surface area contributed by atoms with Crippen LogP contribution in [0.15, 0.2) is 52.5 Å². The second kappa shape index (κ2) is 12.0. The first-order chi connectivity index (χ1) is 16.9. The Kier molecular flexibility index (Phi) is 9.08. The number of benzene rings is 2. The molecule has 8 nitrogen and oxygen atoms in total. The van der Waals surface area contributed by atoms with Gasteiger partial charge in [0, 0.05) is 41.8 Å². The van der Waals surface area contributed by atoms with Crippen molar-refractivity contribution in [3.63, 3.8) is 0 Å². The van der Waals surface area contributed by atoms with Gasteiger partial charge in [-0.1, -0.05) is 6.07 Å². The molecule has 1 atom stereocenters. The molecule has 0 radical (unpaired) electrons. The number of methoxy groups -OCH3 is 3. The number of amides is 1. The number of carbonyl (C=O) groups is 1. The fourth-order valence-electron chi connectivity index (χ4n) is 4.08. The molecule has 36 heavy (non-hydrogen) atoms. The fourth-order valence-corrected chi connectivity index (χ4v) is 4.79. The monoisotopic (exact) mass is 528 g/mol. The number of nitrogens with zero attached hydrogens (tertiary/aromatic N) is 2. The first kappa shape index (κ1) is 27.2. The summed E-state index contributed by atoms with van der Waals surface area (Å²) >= 11 is 1.37. The third kappa shape index (κ3) is 5.70. The Hall–Kier alpha value is -3.40. The zero-order chi connectivity index (χ0) is 24.9. The maximum Gasteiger partial charge on any atom is 0.282 e. The van der Waals surface area contributed by atoms with Gasteiger partial charge in [0.2, 0.25) is 0 Å². The van der Waals surface area contributed by atoms with Crippen molar-refractivity contribution in [2.45, 2.75) is 25.8 Å². The van der Waals surface area contributed by atoms with Gasteiger partial charge in [0.15, 0.2) is 17.5 Å². The van der Waals surface area contributed by atoms with Crippen molar-refractivity contribution in [1.82, 2.24) is 4.37 Å². The number of ether oxygens (including phenoxy) is 3. The van der Waals surface area contributed by atoms with Gasteiger partial charge in [-0.3, -0.25) is 9.79 Å². The zero-order valence-electron chi connectivity index (χ0n) is 20.6. The number of carbonyl (C=O) groups excluding carboxylic acids is 1. The summed E-state index contributed by atoms with van der Waals surface area (Å²) in [5, 5.41) is 4.98. The molecule has 0 aliphatic carbocycles. The summed E-state index contributed by atoms with van der Waals surface area (Å²) in [7, 11) is 4.82. The summed E-state index contributed by atoms with van der Waals surface area (Å²) in [4.78, 5) is 17.0. The van der Waals surface area contributed by atoms with Crippen LogP contribution in [0.2, 0.25) is 0 Å². The number of rotatable bonds is 9. The van der Waals surface area contributed by atoms with Crippen LogP contribution in [0.1, 0.15) is 18.4 Å². The van der Waals surface area contributed by atoms with E-state index < -0.39 is 6.04 Å². The van der Waals surface area contributed by atoms with Crippen molar-refractivity contribution >= 4 is 29.3 Å². The Labute approximate surface area is 220 Å². The largest absolute Gasteiger partial charge is 1.00 e. The third-order valence-corrected chi connectivity index (χ3v) is 6.50. The first-order valence-corrected chi connectivity index (χ1v) is 12.0. The Morgan fingerprint density at radius 3 is 2.56 bits per heavy atom. The number of aromatic nitrogens is 1. The highest BCUT2D eigenvalue weighted by atomic mass is 35.5. The van der Waals surface area contributed by atoms with Gasteiger partial charge >= 0.3 is 0 Å². The van der Waals surface area contributed by atoms with Gasteiger partial charge in [-0.05, 0) is 59.4 Å². The van der Waals surface area contributed by atoms with E-state index in [-0.39, 0.29) is 18.3 Å². The molecule has 4 rings (SSSR count). The summed E-state index contributed by atoms with van der Waals surface area (Å²) in [5.74, 6) is 1.75. The highest BCUT2D eigenvalue weighted by molar-refractivity contribution is 7.04. The van der Waals surface area contributed by atoms with Crippen LogP contribution in [0.3, 0.4) is 0 Å². The molecular formula is C26H29ClN4O4S. The van der Waals surface area contributed by atoms with E-state index in [1.165, 1.54) is 11.5 Å². The van der Waals surface area contributed by atoms with Crippen molar-refractivity contribution in [2.75, 3.05) is 26.6 Å². The second-order valence-electron chi connectivity index (χ2n) is 8.23. The van der Waals surface area contributed by atoms with E-state index in [1.807, 2.05) is 48.9 Å². The zero-order valence-corrected chi connectivity index (χ0v) is 22.2. The topological polar surface area (TPSA) is 110 Å². The summed E-state index contributed by atoms with van der Waals surface area (Å²) in [6.07, 6.45) is 4.96. The van der Waals surface area contributed by atoms with E-state index in [9.17, 15) is 4.79 Å². The van der Waals surface area contributed by atoms with Crippen molar-refractivity contribution in [2.24, 2.45) is 4.99 Å². The van der Waals surface area contributed by atoms with Crippen LogP contribution >= 0.6 is 11.5 Å². The molecule has 1 aliphatic heterocycles. The lowest BCUT2D eigenvalue weighted by Crippen LogP contribution is -3.00. The van der Waals surface area contributed by atoms with Gasteiger partial charge < -0.3 is 37.7 Å². The van der Waals surface area contributed by atoms with E-state index in [0.717, 1.165) is 39.9 Å². The average Bonchev–Trinajstić information content (AvgIpc) is 3.55. The second-order valence-corrected chi connectivity index (χ2v) is 8.86. The maximum absolute atomic E-state index is 12.9. The van der Waals surface area contributed by atoms with Crippen LogP contribution in [0.25, 0.3) is 22.4 Å². The molecule has 0 spiro atoms. The predicted molar refractivity (Wildman–Crippen MR) is 138 cm³/mol. The summed E-state index contributed by atoms with van der Waals surface area (Å²) < 4.78 is 21.2. The molecule has 0 unspecified atom stereocenters. The van der Waals surface area contributed by atoms with Crippen LogP contribution in [0, 0.1) is 6.92 Å². The highest BCUT2D eigenvalue weighted by Gasteiger charge is 2.22. The summed E-state index contributed by atoms with van der Waals surface area (Å²) in [6, 6.07) is 9.22. The molecule has 3 aromatic rings. The van der Waals surface area contributed by atoms with E-state index in [2.05, 4.69) is 20.4 Å². The highest BCUT2D eigenvalue weighted by Crippen LogP contribution is 2.41. The van der Waals surface area contributed by atoms with Crippen LogP contribution in [-0.2, 0) is 4.79 Å². The third-order valence-electron chi connectivity index (χ3n) is 5.87. The molecule has 2 heterocycles. The van der Waals surface area contributed by atoms with Gasteiger partial charge in [-0.25, -0.2) is 0 Å². The lowest BCUT2D eigenvalue weighted by atomic mass is 9.99. The molecule has 2 aromatic carbocycles. The van der Waals surface area contributed by atoms with E-state index in [0.29, 0.717) is 29.4 Å². The van der Waals surface area contributed by atoms with Gasteiger partial charge in [0.05, 0.1) is 32.7 Å². The van der Waals surface area contributed by atoms with E-state index >= 15 is 0 Å². The molecular weight excluding hydrogens is 500 g/mol. The van der Waals surface area contributed by atoms with Crippen LogP contribution in [-0.4, -0.2) is 43.9 Å². The van der Waals surface area contributed by atoms with Gasteiger partial charge in [0.25, 0.3) is 5.91 Å². The first-order valence-electron chi connectivity index (χ1n) is 11.1. The van der Waals surface area contributed by atoms with Crippen molar-refractivity contribution in [1.29, 1.82) is 0 Å². The Balaban J connectivity index is 0.00000361. The van der Waals surface area contributed by atoms with Gasteiger partial charge in [-0.15, -0.1) is 0 Å². The fraction of sp³-hybridized carbons (Fsp3) is 0.269. The normalized spacial score (nSPS) is 13.0. The smallest absolute Gasteiger partial charge is 0.282 e. The Bertz CT molecular complexity index is 1310. The summed E-state index contributed by atoms with van der Waals surface area (Å²) in [6.45, 7) is 1.97. The molecule has 1 aliphatic rings. The Morgan fingerprint density at radius 1 is 1.11 bits per heavy atom. The van der Waals surface area contributed by atoms with Crippen molar-refractivity contribution in [3.05, 3.63) is 53.0 Å². The number of hydrogen-bond acceptors (Lipinski definition) is 7. The van der Waals surface area contributed by atoms with Crippen LogP contribution in [0.5, 0.6) is 17.2 Å². The predicted octanol–water partition coefficient (Wildman–Crippen LogP) is 1.11. The lowest BCUT2D eigenvalue weighted by molar-refractivity contribution is -0.401. The summed E-state index contributed by atoms with van der Waals surface area (Å²) in [5.41, 5.74) is 10.3. The minimum atomic E-state index is -0.440. The van der Waals surface area contributed by atoms with Gasteiger partial charge in [-0.2, -0.15) is 4.37 Å². The molecule has 1 amide bonds. The van der Waals surface area contributed by atoms with Crippen LogP contribution in [0.4, 0.5) is 5.69 Å². The number of halogens is 1. The molecule has 0 fully saturated rings. The standard InChI is InChI=1S/C26H28N4O4S.ClH/c1-15-9-18(12-23(33-3)25(15)34-4)24-19(14-35-30-24)17-5-6-22(32-2)21(11-17)29-26(31)20(27)10-16-7-8-28-13-16;/h5-6,8-9,11-14,20H,7,10,27H2,1-4H3,(H,29,31);1H/t20-;/m0./s1. The molecule has 1 aromatic heterocycles. The number of nitrogens with one attached hydrogen (secondary N) is 1. The average molecular weight is 529 g/mol. The molecule has 0 saturated heterocycles. The van der Waals surface area contributed by atoms with E-state index in [1.54, 1.807) is 27.5 Å². The number of hydrogen-bond donors (Lipinski definition) is 2. The quantitative estimate of drug-likeness (QED) is 0.432. The van der Waals surface area contributed by atoms with E-state index in [4.69, 9.17) is 14.2 Å². The van der Waals surface area contributed by atoms with Crippen molar-refractivity contribution in [3.8, 4) is 39.6 Å². The van der Waals surface area contributed by atoms with Gasteiger partial charge in [0.1, 0.15) is 5.75 Å². The SMILES string of the molecule is COc1ccc(-c2csnc2-c2cc(C)c(OC)c(OC)c2)cc1NC(=O)[C@@H]([NH3+])CC1=CN=CC1.[Cl-]. The number of aliphatic imine (C=N–C) groups is 1. The minimum absolute atomic E-state index is 0. The molecule has 190 valence electrons. The lowest BCUT2D eigenvalue weighted by Gasteiger charge is -2.15.